The molecule has 1 atom stereocenters. The lowest BCUT2D eigenvalue weighted by Gasteiger charge is -2.19. The largest absolute Gasteiger partial charge is 0.334 e. The number of nitrogens with zero attached hydrogens (tertiary/aromatic N) is 2. The molecule has 19 heavy (non-hydrogen) atoms. The topological polar surface area (TPSA) is 29.9 Å². The molecule has 1 aromatic carbocycles. The highest BCUT2D eigenvalue weighted by atomic mass is 15.1. The van der Waals surface area contributed by atoms with Crippen molar-refractivity contribution in [1.29, 1.82) is 0 Å². The van der Waals surface area contributed by atoms with Gasteiger partial charge in [-0.15, -0.1) is 0 Å². The molecule has 0 amide bonds. The quantitative estimate of drug-likeness (QED) is 0.822. The summed E-state index contributed by atoms with van der Waals surface area (Å²) >= 11 is 0. The van der Waals surface area contributed by atoms with E-state index < -0.39 is 0 Å². The van der Waals surface area contributed by atoms with Crippen LogP contribution in [-0.2, 0) is 13.1 Å². The first kappa shape index (κ1) is 13.8. The Labute approximate surface area is 115 Å². The van der Waals surface area contributed by atoms with Gasteiger partial charge in [-0.3, -0.25) is 0 Å². The second-order valence-corrected chi connectivity index (χ2v) is 4.80. The number of imidazole rings is 1. The van der Waals surface area contributed by atoms with Gasteiger partial charge >= 0.3 is 0 Å². The summed E-state index contributed by atoms with van der Waals surface area (Å²) in [5.41, 5.74) is 2.62. The maximum Gasteiger partial charge on any atom is 0.0948 e. The molecule has 2 aromatic rings. The van der Waals surface area contributed by atoms with Crippen LogP contribution in [0.2, 0.25) is 0 Å². The van der Waals surface area contributed by atoms with E-state index in [0.29, 0.717) is 6.04 Å². The van der Waals surface area contributed by atoms with Crippen molar-refractivity contribution in [2.75, 3.05) is 0 Å². The molecule has 0 radical (unpaired) electrons. The first-order chi connectivity index (χ1) is 9.35. The van der Waals surface area contributed by atoms with Crippen molar-refractivity contribution in [3.63, 3.8) is 0 Å². The van der Waals surface area contributed by atoms with Gasteiger partial charge in [-0.05, 0) is 18.9 Å². The highest BCUT2D eigenvalue weighted by Crippen LogP contribution is 2.18. The van der Waals surface area contributed by atoms with Gasteiger partial charge in [-0.1, -0.05) is 43.7 Å². The second kappa shape index (κ2) is 7.10. The standard InChI is InChI=1S/C16H23N3/c1-3-8-16(14-9-6-5-7-10-14)18-12-15-11-17-13-19(15)4-2/h5-7,9-11,13,16,18H,3-4,8,12H2,1-2H3. The van der Waals surface area contributed by atoms with E-state index in [4.69, 9.17) is 0 Å². The molecular weight excluding hydrogens is 234 g/mol. The van der Waals surface area contributed by atoms with Gasteiger partial charge in [0.05, 0.1) is 12.0 Å². The van der Waals surface area contributed by atoms with Gasteiger partial charge in [-0.25, -0.2) is 4.98 Å². The molecule has 1 unspecified atom stereocenters. The third kappa shape index (κ3) is 3.67. The molecule has 0 bridgehead atoms. The molecule has 0 saturated carbocycles. The molecule has 1 aromatic heterocycles. The molecule has 1 N–H and O–H groups in total. The number of nitrogens with one attached hydrogen (secondary N) is 1. The van der Waals surface area contributed by atoms with E-state index in [2.05, 4.69) is 59.0 Å². The van der Waals surface area contributed by atoms with E-state index in [0.717, 1.165) is 19.5 Å². The van der Waals surface area contributed by atoms with Crippen molar-refractivity contribution in [3.8, 4) is 0 Å². The Hall–Kier alpha value is -1.61. The Morgan fingerprint density at radius 1 is 1.21 bits per heavy atom. The summed E-state index contributed by atoms with van der Waals surface area (Å²) in [6.45, 7) is 6.22. The number of rotatable bonds is 7. The van der Waals surface area contributed by atoms with Crippen molar-refractivity contribution in [3.05, 3.63) is 54.1 Å². The summed E-state index contributed by atoms with van der Waals surface area (Å²) in [4.78, 5) is 4.21. The number of hydrogen-bond acceptors (Lipinski definition) is 2. The van der Waals surface area contributed by atoms with Crippen LogP contribution in [0, 0.1) is 0 Å². The van der Waals surface area contributed by atoms with Crippen molar-refractivity contribution >= 4 is 0 Å². The third-order valence-corrected chi connectivity index (χ3v) is 3.45. The minimum atomic E-state index is 0.423. The molecule has 0 aliphatic rings. The van der Waals surface area contributed by atoms with Gasteiger partial charge in [0, 0.05) is 25.3 Å². The van der Waals surface area contributed by atoms with E-state index in [9.17, 15) is 0 Å². The zero-order valence-electron chi connectivity index (χ0n) is 11.8. The van der Waals surface area contributed by atoms with E-state index in [1.165, 1.54) is 17.7 Å². The summed E-state index contributed by atoms with van der Waals surface area (Å²) in [6.07, 6.45) is 6.18. The Kier molecular flexibility index (Phi) is 5.16. The minimum Gasteiger partial charge on any atom is -0.334 e. The maximum atomic E-state index is 4.21. The molecule has 1 heterocycles. The molecule has 3 heteroatoms. The lowest BCUT2D eigenvalue weighted by Crippen LogP contribution is -2.22. The fourth-order valence-corrected chi connectivity index (χ4v) is 2.37. The highest BCUT2D eigenvalue weighted by molar-refractivity contribution is 5.19. The smallest absolute Gasteiger partial charge is 0.0948 e. The van der Waals surface area contributed by atoms with Crippen molar-refractivity contribution in [1.82, 2.24) is 14.9 Å². The summed E-state index contributed by atoms with van der Waals surface area (Å²) < 4.78 is 2.18. The van der Waals surface area contributed by atoms with E-state index in [1.807, 2.05) is 12.5 Å². The molecule has 0 aliphatic carbocycles. The fraction of sp³-hybridized carbons (Fsp3) is 0.438. The SMILES string of the molecule is CCCC(NCc1cncn1CC)c1ccccc1. The highest BCUT2D eigenvalue weighted by Gasteiger charge is 2.10. The van der Waals surface area contributed by atoms with Gasteiger partial charge in [-0.2, -0.15) is 0 Å². The van der Waals surface area contributed by atoms with E-state index in [1.54, 1.807) is 0 Å². The van der Waals surface area contributed by atoms with Crippen molar-refractivity contribution in [2.24, 2.45) is 0 Å². The normalized spacial score (nSPS) is 12.5. The number of benzene rings is 1. The Balaban J connectivity index is 2.02. The average molecular weight is 257 g/mol. The second-order valence-electron chi connectivity index (χ2n) is 4.80. The zero-order chi connectivity index (χ0) is 13.5. The Morgan fingerprint density at radius 3 is 2.68 bits per heavy atom. The van der Waals surface area contributed by atoms with Crippen molar-refractivity contribution in [2.45, 2.75) is 45.8 Å². The Morgan fingerprint density at radius 2 is 2.00 bits per heavy atom. The number of hydrogen-bond donors (Lipinski definition) is 1. The zero-order valence-corrected chi connectivity index (χ0v) is 11.8. The first-order valence-corrected chi connectivity index (χ1v) is 7.12. The molecule has 0 saturated heterocycles. The lowest BCUT2D eigenvalue weighted by molar-refractivity contribution is 0.482. The van der Waals surface area contributed by atoms with Crippen LogP contribution in [-0.4, -0.2) is 9.55 Å². The van der Waals surface area contributed by atoms with Gasteiger partial charge in [0.25, 0.3) is 0 Å². The lowest BCUT2D eigenvalue weighted by atomic mass is 10.0. The van der Waals surface area contributed by atoms with E-state index in [-0.39, 0.29) is 0 Å². The fourth-order valence-electron chi connectivity index (χ4n) is 2.37. The first-order valence-electron chi connectivity index (χ1n) is 7.12. The third-order valence-electron chi connectivity index (χ3n) is 3.45. The molecule has 102 valence electrons. The van der Waals surface area contributed by atoms with Gasteiger partial charge in [0.1, 0.15) is 0 Å². The molecule has 0 spiro atoms. The van der Waals surface area contributed by atoms with Gasteiger partial charge < -0.3 is 9.88 Å². The Bertz CT molecular complexity index is 476. The number of aryl methyl sites for hydroxylation is 1. The van der Waals surface area contributed by atoms with Gasteiger partial charge in [0.2, 0.25) is 0 Å². The molecule has 3 nitrogen and oxygen atoms in total. The van der Waals surface area contributed by atoms with Crippen LogP contribution in [0.4, 0.5) is 0 Å². The minimum absolute atomic E-state index is 0.423. The maximum absolute atomic E-state index is 4.21. The van der Waals surface area contributed by atoms with Crippen LogP contribution in [0.1, 0.15) is 44.0 Å². The summed E-state index contributed by atoms with van der Waals surface area (Å²) in [5, 5.41) is 3.65. The molecule has 2 rings (SSSR count). The summed E-state index contributed by atoms with van der Waals surface area (Å²) in [5.74, 6) is 0. The molecule has 0 fully saturated rings. The predicted octanol–water partition coefficient (Wildman–Crippen LogP) is 3.53. The number of aromatic nitrogens is 2. The summed E-state index contributed by atoms with van der Waals surface area (Å²) in [7, 11) is 0. The summed E-state index contributed by atoms with van der Waals surface area (Å²) in [6, 6.07) is 11.1. The van der Waals surface area contributed by atoms with Crippen LogP contribution in [0.3, 0.4) is 0 Å². The van der Waals surface area contributed by atoms with Crippen LogP contribution in [0.5, 0.6) is 0 Å². The predicted molar refractivity (Wildman–Crippen MR) is 78.8 cm³/mol. The van der Waals surface area contributed by atoms with Crippen LogP contribution >= 0.6 is 0 Å². The van der Waals surface area contributed by atoms with Crippen LogP contribution in [0.25, 0.3) is 0 Å². The average Bonchev–Trinajstić information content (AvgIpc) is 2.92. The van der Waals surface area contributed by atoms with Crippen molar-refractivity contribution < 1.29 is 0 Å². The molecular formula is C16H23N3. The monoisotopic (exact) mass is 257 g/mol. The van der Waals surface area contributed by atoms with E-state index >= 15 is 0 Å². The van der Waals surface area contributed by atoms with Gasteiger partial charge in [0.15, 0.2) is 0 Å². The molecule has 0 aliphatic heterocycles. The van der Waals surface area contributed by atoms with Crippen LogP contribution in [0.15, 0.2) is 42.9 Å². The van der Waals surface area contributed by atoms with Crippen LogP contribution < -0.4 is 5.32 Å².